The Morgan fingerprint density at radius 1 is 0.513 bits per heavy atom. The van der Waals surface area contributed by atoms with Crippen LogP contribution in [0, 0.1) is 17.6 Å². The highest BCUT2D eigenvalue weighted by Crippen LogP contribution is 2.33. The number of urea groups is 1. The van der Waals surface area contributed by atoms with Crippen LogP contribution in [0.5, 0.6) is 0 Å². The van der Waals surface area contributed by atoms with Crippen LogP contribution in [0.3, 0.4) is 0 Å². The number of rotatable bonds is 8. The monoisotopic (exact) mass is 1760 g/mol. The molecule has 2 N–H and O–H groups in total. The fraction of sp³-hybridized carbons (Fsp3) is 0.517. The summed E-state index contributed by atoms with van der Waals surface area (Å²) in [6.07, 6.45) is 5.07. The number of hydrogen-bond acceptors (Lipinski definition) is 5. The molecule has 2 aromatic rings. The molecule has 0 saturated carbocycles. The number of amides is 3. The number of piperidine rings is 1. The van der Waals surface area contributed by atoms with E-state index in [-0.39, 0.29) is 35.5 Å². The normalized spacial score (nSPS) is 13.4. The molecule has 47 heteroatoms. The van der Waals surface area contributed by atoms with Gasteiger partial charge in [-0.05, 0) is 60.6 Å². The van der Waals surface area contributed by atoms with Crippen LogP contribution in [0.4, 0.5) is 13.6 Å². The number of primary amides is 1. The van der Waals surface area contributed by atoms with E-state index in [4.69, 9.17) is 28.1 Å². The quantitative estimate of drug-likeness (QED) is 0.411. The Bertz CT molecular complexity index is 3880. The fourth-order valence-electron chi connectivity index (χ4n) is 6.15. The van der Waals surface area contributed by atoms with Crippen molar-refractivity contribution in [2.75, 3.05) is 32.7 Å². The third-order valence-electron chi connectivity index (χ3n) is 8.85. The molecule has 6 nitrogen and oxygen atoms in total. The Hall–Kier alpha value is 5.58. The zero-order valence-electron chi connectivity index (χ0n) is 37.5. The first-order valence-corrected chi connectivity index (χ1v) is 70.4. The molecule has 0 radical (unpaired) electrons. The average molecular weight is 1760 g/mol. The number of nitrogens with zero attached hydrogens (tertiary/aromatic N) is 3. The van der Waals surface area contributed by atoms with Crippen LogP contribution in [-0.2, 0) is 356 Å². The molecule has 0 unspecified atom stereocenters. The lowest BCUT2D eigenvalue weighted by Gasteiger charge is -2.45. The van der Waals surface area contributed by atoms with Gasteiger partial charge in [0.15, 0.2) is 0 Å². The van der Waals surface area contributed by atoms with Crippen LogP contribution in [0.2, 0.25) is 0 Å². The van der Waals surface area contributed by atoms with Crippen molar-refractivity contribution in [2.45, 2.75) is 57.5 Å². The fourth-order valence-corrected chi connectivity index (χ4v) is 102. The summed E-state index contributed by atoms with van der Waals surface area (Å²) in [4.78, 5) is 30.9. The molecule has 0 aromatic heterocycles. The van der Waals surface area contributed by atoms with Gasteiger partial charge in [0.25, 0.3) is 0 Å². The Kier molecular flexibility index (Phi) is 53.5. The maximum Gasteiger partial charge on any atom is 0.314 e. The van der Waals surface area contributed by atoms with E-state index in [1.165, 1.54) is 42.0 Å². The standard InChI is InChI=1S/C29H38F2N4O2.S39/c1-2-3-4-26-20-34(17-18-35(26)27(36)19-21-13-15-33(16-14-21)29(32)37)28(22-5-9-24(30)10-6-22)23-7-11-25(31)12-8-23;1-3-5-7-9-11-13-15-17-19-21-23-25-27-29-31-33-35-37-39-38-36-34-32-30-28-26-24-22-20-18-16-14-12-10-8-6-4-2/h5-12,21,26,28H,2-4,13-20H2,1H3,(H2,32,37);/t26-;/m0./s1. The van der Waals surface area contributed by atoms with Gasteiger partial charge in [0.2, 0.25) is 5.91 Å². The van der Waals surface area contributed by atoms with Crippen molar-refractivity contribution in [2.24, 2.45) is 11.7 Å². The number of likely N-dealkylation sites (tertiary alicyclic amines) is 1. The molecule has 3 amide bonds. The molecule has 434 valence electrons. The Balaban J connectivity index is 0.000000400. The second-order valence-corrected chi connectivity index (χ2v) is 78.3. The lowest BCUT2D eigenvalue weighted by molar-refractivity contribution is -0.138. The maximum absolute atomic E-state index is 13.7. The summed E-state index contributed by atoms with van der Waals surface area (Å²) in [5, 5.41) is 0. The predicted octanol–water partition coefficient (Wildman–Crippen LogP) is 4.84. The topological polar surface area (TPSA) is 69.9 Å². The molecular weight excluding hydrogens is 1720 g/mol. The third-order valence-corrected chi connectivity index (χ3v) is 88.9. The molecule has 2 fully saturated rings. The van der Waals surface area contributed by atoms with Gasteiger partial charge in [0, 0.05) is 396 Å². The van der Waals surface area contributed by atoms with Crippen LogP contribution in [-0.4, -0.2) is 65.4 Å². The highest BCUT2D eigenvalue weighted by atomic mass is 33.5. The van der Waals surface area contributed by atoms with Gasteiger partial charge in [-0.1, -0.05) is 44.0 Å². The van der Waals surface area contributed by atoms with Crippen molar-refractivity contribution >= 4 is 363 Å². The van der Waals surface area contributed by atoms with Crippen LogP contribution in [0.15, 0.2) is 48.5 Å². The molecule has 0 spiro atoms. The van der Waals surface area contributed by atoms with Gasteiger partial charge in [-0.15, -0.1) is 0 Å². The minimum absolute atomic E-state index is 0.0790. The van der Waals surface area contributed by atoms with Gasteiger partial charge in [-0.2, -0.15) is 0 Å². The van der Waals surface area contributed by atoms with E-state index in [0.29, 0.717) is 39.1 Å². The van der Waals surface area contributed by atoms with E-state index in [1.807, 2.05) is 204 Å². The zero-order valence-corrected chi connectivity index (χ0v) is 69.4. The summed E-state index contributed by atoms with van der Waals surface area (Å²) >= 11 is 9.60. The second-order valence-electron chi connectivity index (χ2n) is 12.9. The molecule has 2 saturated heterocycles. The molecule has 4 rings (SSSR count). The molecule has 1 atom stereocenters. The van der Waals surface area contributed by atoms with Gasteiger partial charge in [0.1, 0.15) is 11.6 Å². The van der Waals surface area contributed by atoms with E-state index < -0.39 is 6.03 Å². The van der Waals surface area contributed by atoms with Crippen LogP contribution in [0.25, 0.3) is 0 Å². The highest BCUT2D eigenvalue weighted by Gasteiger charge is 2.35. The number of nitrogens with two attached hydrogens (primary N) is 1. The minimum atomic E-state index is -0.391. The molecule has 0 aliphatic carbocycles. The number of hydrogen-bond donors (Lipinski definition) is 1. The lowest BCUT2D eigenvalue weighted by atomic mass is 9.91. The van der Waals surface area contributed by atoms with E-state index in [2.05, 4.69) is 16.7 Å². The maximum atomic E-state index is 13.7. The summed E-state index contributed by atoms with van der Waals surface area (Å²) in [6.45, 7) is 5.36. The average Bonchev–Trinajstić information content (AvgIpc) is 3.43. The molecule has 2 aliphatic rings. The minimum Gasteiger partial charge on any atom is -0.351 e. The largest absolute Gasteiger partial charge is 0.351 e. The Labute approximate surface area is 557 Å². The molecule has 2 aliphatic heterocycles. The van der Waals surface area contributed by atoms with Gasteiger partial charge in [-0.3, -0.25) is 9.69 Å². The van der Waals surface area contributed by atoms with Crippen molar-refractivity contribution in [3.8, 4) is 0 Å². The van der Waals surface area contributed by atoms with E-state index in [0.717, 1.165) is 43.2 Å². The molecule has 2 aromatic carbocycles. The first-order valence-electron chi connectivity index (χ1n) is 19.8. The van der Waals surface area contributed by atoms with Crippen molar-refractivity contribution in [1.29, 1.82) is 0 Å². The van der Waals surface area contributed by atoms with Crippen molar-refractivity contribution < 1.29 is 18.4 Å². The number of unbranched alkanes of at least 4 members (excludes halogenated alkanes) is 1. The Morgan fingerprint density at radius 3 is 1.12 bits per heavy atom. The van der Waals surface area contributed by atoms with Crippen LogP contribution in [0.1, 0.15) is 62.6 Å². The second kappa shape index (κ2) is 53.6. The number of halogens is 2. The Morgan fingerprint density at radius 2 is 0.829 bits per heavy atom. The zero-order chi connectivity index (χ0) is 54.5. The number of benzene rings is 2. The van der Waals surface area contributed by atoms with E-state index in [1.54, 1.807) is 136 Å². The van der Waals surface area contributed by atoms with E-state index in [9.17, 15) is 18.4 Å². The number of carbonyl (C=O) groups excluding carboxylic acids is 2. The van der Waals surface area contributed by atoms with Gasteiger partial charge in [-0.25, -0.2) is 13.6 Å². The van der Waals surface area contributed by atoms with Crippen molar-refractivity contribution in [3.05, 3.63) is 71.3 Å². The first-order chi connectivity index (χ1) is 37.3. The summed E-state index contributed by atoms with van der Waals surface area (Å²) in [6, 6.07) is 12.6. The molecule has 2 heterocycles. The summed E-state index contributed by atoms with van der Waals surface area (Å²) < 4.78 is 27.4. The van der Waals surface area contributed by atoms with Crippen LogP contribution >= 0.6 is 0 Å². The van der Waals surface area contributed by atoms with Crippen molar-refractivity contribution in [1.82, 2.24) is 14.7 Å². The predicted molar refractivity (Wildman–Crippen MR) is 427 cm³/mol. The number of piperazine rings is 1. The van der Waals surface area contributed by atoms with Gasteiger partial charge < -0.3 is 15.5 Å². The van der Waals surface area contributed by atoms with Gasteiger partial charge >= 0.3 is 6.03 Å². The summed E-state index contributed by atoms with van der Waals surface area (Å²) in [7, 11) is 65.6. The SMILES string of the molecule is CCCC[C@H]1CN(C(c2ccc(F)cc2)c2ccc(F)cc2)CCN1C(=O)CC1CCN(C(N)=O)CC1.S=S=S=S=S=S=S=S=S=S=S=S=S=S=S=S=S=S=S=S=S=S=S=S=S=S=S=S=S=S=S=S=S=S=S=S=S=S=S. The molecule has 76 heavy (non-hydrogen) atoms. The third kappa shape index (κ3) is 38.8. The van der Waals surface area contributed by atoms with Crippen molar-refractivity contribution in [3.63, 3.8) is 0 Å². The highest BCUT2D eigenvalue weighted by molar-refractivity contribution is 8.81. The van der Waals surface area contributed by atoms with Gasteiger partial charge in [0.05, 0.1) is 6.04 Å². The first kappa shape index (κ1) is 75.8. The lowest BCUT2D eigenvalue weighted by Crippen LogP contribution is -2.56. The smallest absolute Gasteiger partial charge is 0.314 e. The molecule has 0 bridgehead atoms. The van der Waals surface area contributed by atoms with E-state index >= 15 is 0 Å². The summed E-state index contributed by atoms with van der Waals surface area (Å²) in [5.74, 6) is -0.142. The molecular formula is C29H38F2N4O2S39. The number of carbonyl (C=O) groups is 2. The summed E-state index contributed by atoms with van der Waals surface area (Å²) in [5.41, 5.74) is 7.30. The van der Waals surface area contributed by atoms with Crippen LogP contribution < -0.4 is 5.73 Å².